The normalized spacial score (nSPS) is 17.0. The zero-order valence-electron chi connectivity index (χ0n) is 13.2. The first-order valence-corrected chi connectivity index (χ1v) is 8.87. The summed E-state index contributed by atoms with van der Waals surface area (Å²) in [7, 11) is -3.60. The van der Waals surface area contributed by atoms with Crippen molar-refractivity contribution < 1.29 is 18.3 Å². The number of rotatable bonds is 5. The van der Waals surface area contributed by atoms with E-state index in [-0.39, 0.29) is 28.9 Å². The van der Waals surface area contributed by atoms with Crippen LogP contribution in [0.15, 0.2) is 29.2 Å². The Balaban J connectivity index is 0.00000264. The maximum Gasteiger partial charge on any atom is 0.335 e. The van der Waals surface area contributed by atoms with Crippen molar-refractivity contribution >= 4 is 28.4 Å². The van der Waals surface area contributed by atoms with Crippen molar-refractivity contribution in [2.24, 2.45) is 0 Å². The highest BCUT2D eigenvalue weighted by molar-refractivity contribution is 7.89. The molecule has 0 aliphatic carbocycles. The van der Waals surface area contributed by atoms with Crippen LogP contribution < -0.4 is 4.72 Å². The van der Waals surface area contributed by atoms with Crippen molar-refractivity contribution in [3.8, 4) is 0 Å². The summed E-state index contributed by atoms with van der Waals surface area (Å²) >= 11 is 0. The first kappa shape index (κ1) is 19.9. The van der Waals surface area contributed by atoms with Crippen molar-refractivity contribution in [2.75, 3.05) is 13.1 Å². The van der Waals surface area contributed by atoms with Gasteiger partial charge in [0.1, 0.15) is 0 Å². The Bertz CT molecular complexity index is 623. The number of piperidine rings is 1. The van der Waals surface area contributed by atoms with Gasteiger partial charge in [0.25, 0.3) is 0 Å². The lowest BCUT2D eigenvalue weighted by Crippen LogP contribution is -2.46. The zero-order chi connectivity index (χ0) is 16.3. The topological polar surface area (TPSA) is 86.7 Å². The van der Waals surface area contributed by atoms with E-state index in [1.54, 1.807) is 0 Å². The van der Waals surface area contributed by atoms with E-state index in [0.29, 0.717) is 6.04 Å². The Morgan fingerprint density at radius 2 is 1.74 bits per heavy atom. The van der Waals surface area contributed by atoms with Crippen LogP contribution in [0, 0.1) is 0 Å². The Morgan fingerprint density at radius 1 is 1.22 bits per heavy atom. The van der Waals surface area contributed by atoms with E-state index in [0.717, 1.165) is 25.9 Å². The first-order valence-electron chi connectivity index (χ1n) is 7.39. The van der Waals surface area contributed by atoms with Gasteiger partial charge in [0, 0.05) is 12.1 Å². The molecule has 0 bridgehead atoms. The van der Waals surface area contributed by atoms with Crippen LogP contribution in [-0.2, 0) is 10.0 Å². The number of hydrogen-bond donors (Lipinski definition) is 2. The molecular formula is C15H23ClN2O4S. The number of aromatic carboxylic acids is 1. The molecule has 1 aliphatic rings. The third-order valence-electron chi connectivity index (χ3n) is 3.99. The Morgan fingerprint density at radius 3 is 2.17 bits per heavy atom. The molecule has 2 N–H and O–H groups in total. The van der Waals surface area contributed by atoms with Gasteiger partial charge in [0.05, 0.1) is 10.5 Å². The number of benzene rings is 1. The van der Waals surface area contributed by atoms with E-state index >= 15 is 0 Å². The second-order valence-corrected chi connectivity index (χ2v) is 7.57. The molecule has 0 amide bonds. The SMILES string of the molecule is CC(C)N1CCC(NS(=O)(=O)c2ccc(C(=O)O)cc2)CC1.Cl. The second kappa shape index (κ2) is 8.10. The molecule has 1 saturated heterocycles. The number of nitrogens with zero attached hydrogens (tertiary/aromatic N) is 1. The maximum atomic E-state index is 12.3. The molecule has 1 aromatic rings. The third kappa shape index (κ3) is 5.17. The van der Waals surface area contributed by atoms with Gasteiger partial charge in [-0.1, -0.05) is 0 Å². The predicted molar refractivity (Wildman–Crippen MR) is 90.7 cm³/mol. The molecule has 0 atom stereocenters. The third-order valence-corrected chi connectivity index (χ3v) is 5.53. The van der Waals surface area contributed by atoms with Gasteiger partial charge in [-0.2, -0.15) is 0 Å². The number of sulfonamides is 1. The van der Waals surface area contributed by atoms with Gasteiger partial charge in [0.2, 0.25) is 10.0 Å². The standard InChI is InChI=1S/C15H22N2O4S.ClH/c1-11(2)17-9-7-13(8-10-17)16-22(20,21)14-5-3-12(4-6-14)15(18)19;/h3-6,11,13,16H,7-10H2,1-2H3,(H,18,19);1H. The van der Waals surface area contributed by atoms with Crippen LogP contribution in [0.1, 0.15) is 37.0 Å². The van der Waals surface area contributed by atoms with Gasteiger partial charge in [0.15, 0.2) is 0 Å². The molecule has 0 radical (unpaired) electrons. The number of carboxylic acids is 1. The summed E-state index contributed by atoms with van der Waals surface area (Å²) in [5, 5.41) is 8.84. The van der Waals surface area contributed by atoms with Crippen LogP contribution in [0.4, 0.5) is 0 Å². The lowest BCUT2D eigenvalue weighted by molar-refractivity contribution is 0.0696. The van der Waals surface area contributed by atoms with Gasteiger partial charge in [-0.25, -0.2) is 17.9 Å². The lowest BCUT2D eigenvalue weighted by atomic mass is 10.1. The van der Waals surface area contributed by atoms with E-state index in [9.17, 15) is 13.2 Å². The van der Waals surface area contributed by atoms with Crippen molar-refractivity contribution in [2.45, 2.75) is 43.7 Å². The lowest BCUT2D eigenvalue weighted by Gasteiger charge is -2.34. The monoisotopic (exact) mass is 362 g/mol. The van der Waals surface area contributed by atoms with Crippen LogP contribution >= 0.6 is 12.4 Å². The quantitative estimate of drug-likeness (QED) is 0.836. The minimum atomic E-state index is -3.60. The molecule has 23 heavy (non-hydrogen) atoms. The summed E-state index contributed by atoms with van der Waals surface area (Å²) in [5.41, 5.74) is 0.0733. The molecular weight excluding hydrogens is 340 g/mol. The average molecular weight is 363 g/mol. The summed E-state index contributed by atoms with van der Waals surface area (Å²) in [4.78, 5) is 13.2. The summed E-state index contributed by atoms with van der Waals surface area (Å²) in [6.45, 7) is 6.02. The van der Waals surface area contributed by atoms with Crippen molar-refractivity contribution in [3.63, 3.8) is 0 Å². The predicted octanol–water partition coefficient (Wildman–Crippen LogP) is 1.96. The maximum absolute atomic E-state index is 12.3. The number of carboxylic acid groups (broad SMARTS) is 1. The first-order chi connectivity index (χ1) is 10.3. The largest absolute Gasteiger partial charge is 0.478 e. The van der Waals surface area contributed by atoms with Crippen molar-refractivity contribution in [1.82, 2.24) is 9.62 Å². The highest BCUT2D eigenvalue weighted by atomic mass is 35.5. The summed E-state index contributed by atoms with van der Waals surface area (Å²) in [6, 6.07) is 5.67. The number of carbonyl (C=O) groups is 1. The minimum absolute atomic E-state index is 0. The van der Waals surface area contributed by atoms with Crippen LogP contribution in [0.2, 0.25) is 0 Å². The number of nitrogens with one attached hydrogen (secondary N) is 1. The number of hydrogen-bond acceptors (Lipinski definition) is 4. The fourth-order valence-corrected chi connectivity index (χ4v) is 3.90. The summed E-state index contributed by atoms with van der Waals surface area (Å²) in [6.07, 6.45) is 1.56. The van der Waals surface area contributed by atoms with Crippen molar-refractivity contribution in [3.05, 3.63) is 29.8 Å². The van der Waals surface area contributed by atoms with Crippen LogP contribution in [0.5, 0.6) is 0 Å². The van der Waals surface area contributed by atoms with Crippen LogP contribution in [0.25, 0.3) is 0 Å². The minimum Gasteiger partial charge on any atom is -0.478 e. The Labute approximate surface area is 143 Å². The van der Waals surface area contributed by atoms with Gasteiger partial charge in [-0.3, -0.25) is 0 Å². The smallest absolute Gasteiger partial charge is 0.335 e. The molecule has 8 heteroatoms. The van der Waals surface area contributed by atoms with Gasteiger partial charge >= 0.3 is 5.97 Å². The van der Waals surface area contributed by atoms with Crippen LogP contribution in [0.3, 0.4) is 0 Å². The van der Waals surface area contributed by atoms with E-state index < -0.39 is 16.0 Å². The molecule has 0 unspecified atom stereocenters. The molecule has 2 rings (SSSR count). The highest BCUT2D eigenvalue weighted by Crippen LogP contribution is 2.17. The second-order valence-electron chi connectivity index (χ2n) is 5.85. The average Bonchev–Trinajstić information content (AvgIpc) is 2.47. The van der Waals surface area contributed by atoms with Crippen molar-refractivity contribution in [1.29, 1.82) is 0 Å². The fraction of sp³-hybridized carbons (Fsp3) is 0.533. The fourth-order valence-electron chi connectivity index (χ4n) is 2.60. The summed E-state index contributed by atoms with van der Waals surface area (Å²) < 4.78 is 27.4. The van der Waals surface area contributed by atoms with Gasteiger partial charge in [-0.05, 0) is 64.0 Å². The molecule has 0 saturated carbocycles. The highest BCUT2D eigenvalue weighted by Gasteiger charge is 2.25. The zero-order valence-corrected chi connectivity index (χ0v) is 14.9. The Hall–Kier alpha value is -1.15. The summed E-state index contributed by atoms with van der Waals surface area (Å²) in [5.74, 6) is -1.07. The number of halogens is 1. The molecule has 130 valence electrons. The molecule has 1 aromatic carbocycles. The Kier molecular flexibility index (Phi) is 7.01. The van der Waals surface area contributed by atoms with E-state index in [4.69, 9.17) is 5.11 Å². The number of likely N-dealkylation sites (tertiary alicyclic amines) is 1. The molecule has 1 fully saturated rings. The van der Waals surface area contributed by atoms with Gasteiger partial charge in [-0.15, -0.1) is 12.4 Å². The molecule has 1 aliphatic heterocycles. The van der Waals surface area contributed by atoms with Gasteiger partial charge < -0.3 is 10.0 Å². The van der Waals surface area contributed by atoms with E-state index in [1.807, 2.05) is 0 Å². The van der Waals surface area contributed by atoms with E-state index in [1.165, 1.54) is 24.3 Å². The molecule has 0 aromatic heterocycles. The molecule has 6 nitrogen and oxygen atoms in total. The molecule has 1 heterocycles. The van der Waals surface area contributed by atoms with Crippen LogP contribution in [-0.4, -0.2) is 49.6 Å². The van der Waals surface area contributed by atoms with E-state index in [2.05, 4.69) is 23.5 Å². The molecule has 0 spiro atoms.